The van der Waals surface area contributed by atoms with Crippen LogP contribution in [0.25, 0.3) is 0 Å². The Bertz CT molecular complexity index is 361. The van der Waals surface area contributed by atoms with E-state index in [2.05, 4.69) is 43.0 Å². The molecule has 3 heteroatoms. The minimum Gasteiger partial charge on any atom is -0.394 e. The van der Waals surface area contributed by atoms with Crippen molar-refractivity contribution in [2.75, 3.05) is 20.2 Å². The van der Waals surface area contributed by atoms with Crippen LogP contribution in [-0.2, 0) is 4.74 Å². The molecule has 1 N–H and O–H groups in total. The molecule has 2 unspecified atom stereocenters. The maximum Gasteiger partial charge on any atom is 0.137 e. The third kappa shape index (κ3) is 2.68. The summed E-state index contributed by atoms with van der Waals surface area (Å²) in [6, 6.07) is 8.56. The quantitative estimate of drug-likeness (QED) is 0.871. The van der Waals surface area contributed by atoms with Gasteiger partial charge in [-0.25, -0.2) is 0 Å². The topological polar surface area (TPSA) is 32.7 Å². The first-order chi connectivity index (χ1) is 8.11. The summed E-state index contributed by atoms with van der Waals surface area (Å²) in [5.74, 6) is 0.552. The Morgan fingerprint density at radius 1 is 1.35 bits per heavy atom. The van der Waals surface area contributed by atoms with Crippen LogP contribution in [-0.4, -0.2) is 36.3 Å². The Morgan fingerprint density at radius 2 is 2.00 bits per heavy atom. The molecule has 2 rings (SSSR count). The van der Waals surface area contributed by atoms with E-state index in [-0.39, 0.29) is 18.9 Å². The van der Waals surface area contributed by atoms with Crippen molar-refractivity contribution < 1.29 is 9.84 Å². The van der Waals surface area contributed by atoms with Crippen molar-refractivity contribution in [3.8, 4) is 0 Å². The van der Waals surface area contributed by atoms with Crippen LogP contribution in [0.5, 0.6) is 0 Å². The Kier molecular flexibility index (Phi) is 3.82. The molecule has 0 spiro atoms. The highest BCUT2D eigenvalue weighted by molar-refractivity contribution is 5.26. The predicted octanol–water partition coefficient (Wildman–Crippen LogP) is 2.13. The fraction of sp³-hybridized carbons (Fsp3) is 0.571. The number of ether oxygens (including phenoxy) is 1. The molecule has 1 aliphatic rings. The zero-order valence-electron chi connectivity index (χ0n) is 10.8. The lowest BCUT2D eigenvalue weighted by atomic mass is 10.0. The lowest BCUT2D eigenvalue weighted by Crippen LogP contribution is -2.20. The second kappa shape index (κ2) is 5.17. The summed E-state index contributed by atoms with van der Waals surface area (Å²) in [4.78, 5) is 2.13. The van der Waals surface area contributed by atoms with E-state index in [9.17, 15) is 0 Å². The molecule has 0 aliphatic carbocycles. The fourth-order valence-electron chi connectivity index (χ4n) is 2.23. The molecule has 0 radical (unpaired) electrons. The largest absolute Gasteiger partial charge is 0.394 e. The van der Waals surface area contributed by atoms with Crippen LogP contribution in [0.15, 0.2) is 24.3 Å². The van der Waals surface area contributed by atoms with Gasteiger partial charge in [-0.1, -0.05) is 38.1 Å². The van der Waals surface area contributed by atoms with E-state index in [0.29, 0.717) is 5.92 Å². The number of aliphatic hydroxyl groups is 1. The summed E-state index contributed by atoms with van der Waals surface area (Å²) in [7, 11) is 2.02. The van der Waals surface area contributed by atoms with E-state index in [1.165, 1.54) is 5.56 Å². The zero-order valence-corrected chi connectivity index (χ0v) is 10.8. The number of hydrogen-bond acceptors (Lipinski definition) is 3. The van der Waals surface area contributed by atoms with Crippen LogP contribution in [0.1, 0.15) is 37.1 Å². The minimum atomic E-state index is -0.0604. The molecule has 1 saturated heterocycles. The predicted molar refractivity (Wildman–Crippen MR) is 67.9 cm³/mol. The monoisotopic (exact) mass is 235 g/mol. The molecule has 94 valence electrons. The first-order valence-corrected chi connectivity index (χ1v) is 6.18. The smallest absolute Gasteiger partial charge is 0.137 e. The van der Waals surface area contributed by atoms with E-state index in [4.69, 9.17) is 9.84 Å². The van der Waals surface area contributed by atoms with Gasteiger partial charge in [0.1, 0.15) is 6.23 Å². The Labute approximate surface area is 103 Å². The van der Waals surface area contributed by atoms with Gasteiger partial charge in [-0.05, 0) is 24.1 Å². The van der Waals surface area contributed by atoms with E-state index in [1.807, 2.05) is 7.05 Å². The van der Waals surface area contributed by atoms with Crippen molar-refractivity contribution >= 4 is 0 Å². The molecule has 0 amide bonds. The molecule has 2 atom stereocenters. The molecule has 1 fully saturated rings. The van der Waals surface area contributed by atoms with Crippen molar-refractivity contribution in [3.63, 3.8) is 0 Å². The number of rotatable bonds is 3. The van der Waals surface area contributed by atoms with Crippen molar-refractivity contribution in [1.82, 2.24) is 4.90 Å². The Morgan fingerprint density at radius 3 is 2.47 bits per heavy atom. The van der Waals surface area contributed by atoms with Crippen LogP contribution < -0.4 is 0 Å². The summed E-state index contributed by atoms with van der Waals surface area (Å²) in [6.45, 7) is 5.25. The van der Waals surface area contributed by atoms with Crippen LogP contribution in [0, 0.1) is 0 Å². The van der Waals surface area contributed by atoms with Gasteiger partial charge in [-0.3, -0.25) is 4.90 Å². The second-order valence-electron chi connectivity index (χ2n) is 5.05. The number of hydrogen-bond donors (Lipinski definition) is 1. The van der Waals surface area contributed by atoms with Gasteiger partial charge in [0.2, 0.25) is 0 Å². The van der Waals surface area contributed by atoms with Crippen LogP contribution in [0.4, 0.5) is 0 Å². The summed E-state index contributed by atoms with van der Waals surface area (Å²) in [5.41, 5.74) is 2.50. The number of benzene rings is 1. The highest BCUT2D eigenvalue weighted by Crippen LogP contribution is 2.29. The Hall–Kier alpha value is -0.900. The average molecular weight is 235 g/mol. The zero-order chi connectivity index (χ0) is 12.4. The van der Waals surface area contributed by atoms with Gasteiger partial charge in [-0.15, -0.1) is 0 Å². The molecule has 1 aromatic rings. The minimum absolute atomic E-state index is 0.0200. The molecule has 1 heterocycles. The highest BCUT2D eigenvalue weighted by atomic mass is 16.5. The Balaban J connectivity index is 2.12. The first kappa shape index (κ1) is 12.6. The fourth-order valence-corrected chi connectivity index (χ4v) is 2.23. The molecule has 3 nitrogen and oxygen atoms in total. The number of likely N-dealkylation sites (N-methyl/N-ethyl adjacent to an activating group) is 1. The van der Waals surface area contributed by atoms with Crippen molar-refractivity contribution in [3.05, 3.63) is 35.4 Å². The summed E-state index contributed by atoms with van der Waals surface area (Å²) in [6.07, 6.45) is -0.0804. The normalized spacial score (nSPS) is 25.7. The molecule has 17 heavy (non-hydrogen) atoms. The standard InChI is InChI=1S/C14H21NO2/c1-10(2)11-4-6-12(7-5-11)14-15(3)8-13(9-16)17-14/h4-7,10,13-14,16H,8-9H2,1-3H3. The molecule has 1 aliphatic heterocycles. The molecular weight excluding hydrogens is 214 g/mol. The number of nitrogens with zero attached hydrogens (tertiary/aromatic N) is 1. The van der Waals surface area contributed by atoms with Crippen molar-refractivity contribution in [2.24, 2.45) is 0 Å². The van der Waals surface area contributed by atoms with Gasteiger partial charge in [0, 0.05) is 6.54 Å². The first-order valence-electron chi connectivity index (χ1n) is 6.18. The molecule has 0 aromatic heterocycles. The van der Waals surface area contributed by atoms with E-state index in [0.717, 1.165) is 12.1 Å². The average Bonchev–Trinajstić information content (AvgIpc) is 2.71. The van der Waals surface area contributed by atoms with E-state index < -0.39 is 0 Å². The van der Waals surface area contributed by atoms with Crippen LogP contribution in [0.3, 0.4) is 0 Å². The summed E-state index contributed by atoms with van der Waals surface area (Å²) < 4.78 is 5.79. The SMILES string of the molecule is CC(C)c1ccc(C2OC(CO)CN2C)cc1. The maximum absolute atomic E-state index is 9.11. The molecular formula is C14H21NO2. The number of aliphatic hydroxyl groups excluding tert-OH is 1. The van der Waals surface area contributed by atoms with Gasteiger partial charge >= 0.3 is 0 Å². The van der Waals surface area contributed by atoms with Gasteiger partial charge in [0.05, 0.1) is 12.7 Å². The lowest BCUT2D eigenvalue weighted by Gasteiger charge is -2.19. The lowest BCUT2D eigenvalue weighted by molar-refractivity contribution is -0.0139. The van der Waals surface area contributed by atoms with Crippen LogP contribution >= 0.6 is 0 Å². The van der Waals surface area contributed by atoms with Crippen molar-refractivity contribution in [2.45, 2.75) is 32.1 Å². The van der Waals surface area contributed by atoms with Crippen LogP contribution in [0.2, 0.25) is 0 Å². The molecule has 1 aromatic carbocycles. The van der Waals surface area contributed by atoms with E-state index in [1.54, 1.807) is 0 Å². The van der Waals surface area contributed by atoms with Gasteiger partial charge < -0.3 is 9.84 Å². The second-order valence-corrected chi connectivity index (χ2v) is 5.05. The van der Waals surface area contributed by atoms with E-state index >= 15 is 0 Å². The third-order valence-corrected chi connectivity index (χ3v) is 3.31. The third-order valence-electron chi connectivity index (χ3n) is 3.31. The summed E-state index contributed by atoms with van der Waals surface area (Å²) in [5, 5.41) is 9.11. The van der Waals surface area contributed by atoms with Gasteiger partial charge in [-0.2, -0.15) is 0 Å². The van der Waals surface area contributed by atoms with Crippen molar-refractivity contribution in [1.29, 1.82) is 0 Å². The summed E-state index contributed by atoms with van der Waals surface area (Å²) >= 11 is 0. The molecule has 0 bridgehead atoms. The van der Waals surface area contributed by atoms with Gasteiger partial charge in [0.25, 0.3) is 0 Å². The highest BCUT2D eigenvalue weighted by Gasteiger charge is 2.30. The van der Waals surface area contributed by atoms with Gasteiger partial charge in [0.15, 0.2) is 0 Å². The maximum atomic E-state index is 9.11. The molecule has 0 saturated carbocycles.